The number of aliphatic hydroxyl groups excluding tert-OH is 1. The summed E-state index contributed by atoms with van der Waals surface area (Å²) >= 11 is 0. The molecule has 0 saturated heterocycles. The summed E-state index contributed by atoms with van der Waals surface area (Å²) in [5.41, 5.74) is 0.901. The minimum atomic E-state index is -0.488. The standard InChI is InChI=1S/C15H27NO3.C2H6.H2/c1-15(2,3)19-14(18)16-13(9-10-17)11-12-7-5-4-6-8-12;1-2;/h7,13,17H,4-6,8-11H2,1-3H3,(H,16,18);1-2H3;1H/t13-;;/m1../s1. The van der Waals surface area contributed by atoms with Crippen molar-refractivity contribution >= 4 is 6.09 Å². The van der Waals surface area contributed by atoms with Crippen molar-refractivity contribution in [1.82, 2.24) is 5.32 Å². The molecule has 0 radical (unpaired) electrons. The maximum atomic E-state index is 11.8. The lowest BCUT2D eigenvalue weighted by Gasteiger charge is -2.24. The molecule has 1 aliphatic rings. The van der Waals surface area contributed by atoms with E-state index in [1.807, 2.05) is 34.6 Å². The Morgan fingerprint density at radius 2 is 2.10 bits per heavy atom. The van der Waals surface area contributed by atoms with Crippen molar-refractivity contribution in [2.45, 2.75) is 84.8 Å². The van der Waals surface area contributed by atoms with Gasteiger partial charge >= 0.3 is 6.09 Å². The summed E-state index contributed by atoms with van der Waals surface area (Å²) < 4.78 is 5.25. The summed E-state index contributed by atoms with van der Waals surface area (Å²) in [4.78, 5) is 11.8. The van der Waals surface area contributed by atoms with Crippen LogP contribution in [-0.2, 0) is 4.74 Å². The average Bonchev–Trinajstić information content (AvgIpc) is 2.40. The molecule has 0 aromatic heterocycles. The number of amides is 1. The number of nitrogens with one attached hydrogen (secondary N) is 1. The van der Waals surface area contributed by atoms with Crippen LogP contribution in [0.15, 0.2) is 11.6 Å². The third-order valence-corrected chi connectivity index (χ3v) is 3.09. The van der Waals surface area contributed by atoms with Gasteiger partial charge in [0.2, 0.25) is 0 Å². The highest BCUT2D eigenvalue weighted by Gasteiger charge is 2.20. The Labute approximate surface area is 131 Å². The van der Waals surface area contributed by atoms with Gasteiger partial charge in [0.05, 0.1) is 0 Å². The van der Waals surface area contributed by atoms with Gasteiger partial charge in [-0.2, -0.15) is 0 Å². The molecule has 1 atom stereocenters. The van der Waals surface area contributed by atoms with E-state index in [1.165, 1.54) is 18.4 Å². The van der Waals surface area contributed by atoms with Crippen LogP contribution < -0.4 is 5.32 Å². The summed E-state index contributed by atoms with van der Waals surface area (Å²) in [7, 11) is 0. The number of hydrogen-bond acceptors (Lipinski definition) is 3. The lowest BCUT2D eigenvalue weighted by molar-refractivity contribution is 0.0497. The van der Waals surface area contributed by atoms with Crippen LogP contribution in [0.2, 0.25) is 0 Å². The monoisotopic (exact) mass is 301 g/mol. The molecular weight excluding hydrogens is 266 g/mol. The minimum Gasteiger partial charge on any atom is -0.444 e. The normalized spacial score (nSPS) is 16.2. The Bertz CT molecular complexity index is 324. The molecule has 4 heteroatoms. The third-order valence-electron chi connectivity index (χ3n) is 3.09. The Hall–Kier alpha value is -1.03. The molecular formula is C17H35NO3. The van der Waals surface area contributed by atoms with Crippen molar-refractivity contribution < 1.29 is 16.1 Å². The zero-order chi connectivity index (χ0) is 16.3. The first-order chi connectivity index (χ1) is 9.90. The number of carbonyl (C=O) groups excluding carboxylic acids is 1. The Morgan fingerprint density at radius 3 is 2.57 bits per heavy atom. The highest BCUT2D eigenvalue weighted by Crippen LogP contribution is 2.22. The number of hydrogen-bond donors (Lipinski definition) is 2. The lowest BCUT2D eigenvalue weighted by atomic mass is 9.93. The van der Waals surface area contributed by atoms with Crippen molar-refractivity contribution in [2.75, 3.05) is 6.61 Å². The van der Waals surface area contributed by atoms with E-state index in [4.69, 9.17) is 9.84 Å². The molecule has 1 aliphatic carbocycles. The molecule has 0 bridgehead atoms. The van der Waals surface area contributed by atoms with Crippen LogP contribution in [0.3, 0.4) is 0 Å². The van der Waals surface area contributed by atoms with Gasteiger partial charge in [0.1, 0.15) is 5.60 Å². The molecule has 0 fully saturated rings. The minimum absolute atomic E-state index is 0. The summed E-state index contributed by atoms with van der Waals surface area (Å²) in [6.45, 7) is 9.61. The highest BCUT2D eigenvalue weighted by atomic mass is 16.6. The fourth-order valence-electron chi connectivity index (χ4n) is 2.26. The first-order valence-corrected chi connectivity index (χ1v) is 8.19. The molecule has 0 saturated carbocycles. The van der Waals surface area contributed by atoms with E-state index in [0.717, 1.165) is 19.3 Å². The summed E-state index contributed by atoms with van der Waals surface area (Å²) in [6.07, 6.45) is 7.98. The van der Waals surface area contributed by atoms with Gasteiger partial charge < -0.3 is 15.2 Å². The number of rotatable bonds is 5. The second kappa shape index (κ2) is 10.7. The first-order valence-electron chi connectivity index (χ1n) is 8.19. The Kier molecular flexibility index (Phi) is 10.1. The molecule has 1 amide bonds. The van der Waals surface area contributed by atoms with Gasteiger partial charge in [-0.05, 0) is 59.3 Å². The number of allylic oxidation sites excluding steroid dienone is 1. The third kappa shape index (κ3) is 10.4. The van der Waals surface area contributed by atoms with Gasteiger partial charge in [0.25, 0.3) is 0 Å². The SMILES string of the molecule is CC.CC(C)(C)OC(=O)N[C@H](CCO)CC1=CCCCC1.[HH]. The predicted molar refractivity (Wildman–Crippen MR) is 89.5 cm³/mol. The van der Waals surface area contributed by atoms with Crippen LogP contribution in [-0.4, -0.2) is 29.4 Å². The molecule has 0 heterocycles. The molecule has 1 rings (SSSR count). The zero-order valence-corrected chi connectivity index (χ0v) is 14.4. The predicted octanol–water partition coefficient (Wildman–Crippen LogP) is 4.42. The molecule has 4 nitrogen and oxygen atoms in total. The number of carbonyl (C=O) groups is 1. The van der Waals surface area contributed by atoms with Crippen LogP contribution in [0.4, 0.5) is 4.79 Å². The van der Waals surface area contributed by atoms with Crippen LogP contribution in [0.25, 0.3) is 0 Å². The molecule has 0 aromatic rings. The van der Waals surface area contributed by atoms with Crippen LogP contribution in [0.5, 0.6) is 0 Å². The highest BCUT2D eigenvalue weighted by molar-refractivity contribution is 5.68. The van der Waals surface area contributed by atoms with Crippen LogP contribution in [0, 0.1) is 0 Å². The van der Waals surface area contributed by atoms with Crippen molar-refractivity contribution in [1.29, 1.82) is 0 Å². The number of ether oxygens (including phenoxy) is 1. The summed E-state index contributed by atoms with van der Waals surface area (Å²) in [5.74, 6) is 0. The molecule has 0 aliphatic heterocycles. The van der Waals surface area contributed by atoms with Gasteiger partial charge in [0.15, 0.2) is 0 Å². The van der Waals surface area contributed by atoms with Crippen molar-refractivity contribution in [3.8, 4) is 0 Å². The fraction of sp³-hybridized carbons (Fsp3) is 0.824. The maximum absolute atomic E-state index is 11.8. The van der Waals surface area contributed by atoms with Crippen molar-refractivity contribution in [3.05, 3.63) is 11.6 Å². The molecule has 0 unspecified atom stereocenters. The van der Waals surface area contributed by atoms with E-state index in [1.54, 1.807) is 0 Å². The molecule has 21 heavy (non-hydrogen) atoms. The number of aliphatic hydroxyl groups is 1. The zero-order valence-electron chi connectivity index (χ0n) is 14.4. The van der Waals surface area contributed by atoms with Gasteiger partial charge in [-0.3, -0.25) is 0 Å². The Morgan fingerprint density at radius 1 is 1.43 bits per heavy atom. The van der Waals surface area contributed by atoms with Crippen LogP contribution in [0.1, 0.15) is 74.6 Å². The topological polar surface area (TPSA) is 58.6 Å². The summed E-state index contributed by atoms with van der Waals surface area (Å²) in [5, 5.41) is 12.0. The van der Waals surface area contributed by atoms with E-state index in [9.17, 15) is 4.79 Å². The van der Waals surface area contributed by atoms with Crippen LogP contribution >= 0.6 is 0 Å². The second-order valence-corrected chi connectivity index (χ2v) is 6.17. The smallest absolute Gasteiger partial charge is 0.407 e. The van der Waals surface area contributed by atoms with Crippen molar-refractivity contribution in [3.63, 3.8) is 0 Å². The van der Waals surface area contributed by atoms with Gasteiger partial charge in [0, 0.05) is 14.1 Å². The van der Waals surface area contributed by atoms with Gasteiger partial charge in [-0.15, -0.1) is 0 Å². The largest absolute Gasteiger partial charge is 0.444 e. The lowest BCUT2D eigenvalue weighted by Crippen LogP contribution is -2.39. The quantitative estimate of drug-likeness (QED) is 0.739. The van der Waals surface area contributed by atoms with E-state index < -0.39 is 11.7 Å². The Balaban J connectivity index is 0. The number of alkyl carbamates (subject to hydrolysis) is 1. The molecule has 2 N–H and O–H groups in total. The molecule has 126 valence electrons. The maximum Gasteiger partial charge on any atom is 0.407 e. The van der Waals surface area contributed by atoms with E-state index in [0.29, 0.717) is 6.42 Å². The fourth-order valence-corrected chi connectivity index (χ4v) is 2.26. The van der Waals surface area contributed by atoms with E-state index >= 15 is 0 Å². The molecule has 0 spiro atoms. The second-order valence-electron chi connectivity index (χ2n) is 6.17. The summed E-state index contributed by atoms with van der Waals surface area (Å²) in [6, 6.07) is -0.0378. The van der Waals surface area contributed by atoms with Gasteiger partial charge in [-0.1, -0.05) is 25.5 Å². The van der Waals surface area contributed by atoms with Crippen molar-refractivity contribution in [2.24, 2.45) is 0 Å². The first kappa shape index (κ1) is 20.0. The van der Waals surface area contributed by atoms with E-state index in [2.05, 4.69) is 11.4 Å². The van der Waals surface area contributed by atoms with Gasteiger partial charge in [-0.25, -0.2) is 4.79 Å². The average molecular weight is 301 g/mol. The molecule has 0 aromatic carbocycles. The van der Waals surface area contributed by atoms with E-state index in [-0.39, 0.29) is 14.1 Å².